The van der Waals surface area contributed by atoms with Crippen LogP contribution in [0.4, 0.5) is 13.2 Å². The van der Waals surface area contributed by atoms with Gasteiger partial charge in [-0.25, -0.2) is 4.98 Å². The summed E-state index contributed by atoms with van der Waals surface area (Å²) in [6, 6.07) is 16.6. The molecule has 1 N–H and O–H groups in total. The molecule has 158 valence electrons. The van der Waals surface area contributed by atoms with E-state index in [1.54, 1.807) is 36.4 Å². The quantitative estimate of drug-likeness (QED) is 0.472. The summed E-state index contributed by atoms with van der Waals surface area (Å²) >= 11 is 0. The summed E-state index contributed by atoms with van der Waals surface area (Å²) in [7, 11) is 0. The summed E-state index contributed by atoms with van der Waals surface area (Å²) in [6.45, 7) is 1.28. The Morgan fingerprint density at radius 3 is 2.42 bits per heavy atom. The van der Waals surface area contributed by atoms with E-state index in [2.05, 4.69) is 15.1 Å². The maximum Gasteiger partial charge on any atom is 0.416 e. The fourth-order valence-corrected chi connectivity index (χ4v) is 2.89. The maximum absolute atomic E-state index is 13.1. The number of alkyl halides is 3. The molecular formula is C22H16F3N3O3. The van der Waals surface area contributed by atoms with Gasteiger partial charge in [0.25, 0.3) is 5.89 Å². The molecule has 4 aromatic rings. The highest BCUT2D eigenvalue weighted by Crippen LogP contribution is 2.36. The Morgan fingerprint density at radius 1 is 0.935 bits per heavy atom. The number of benzene rings is 2. The van der Waals surface area contributed by atoms with Crippen LogP contribution in [0, 0.1) is 0 Å². The second-order valence-corrected chi connectivity index (χ2v) is 6.85. The van der Waals surface area contributed by atoms with Crippen LogP contribution in [0.15, 0.2) is 77.4 Å². The van der Waals surface area contributed by atoms with Crippen LogP contribution in [-0.2, 0) is 11.8 Å². The molecule has 0 spiro atoms. The number of rotatable bonds is 5. The minimum Gasteiger partial charge on any atom is -0.438 e. The molecule has 0 aliphatic carbocycles. The molecule has 0 bridgehead atoms. The minimum atomic E-state index is -4.55. The lowest BCUT2D eigenvalue weighted by Crippen LogP contribution is -2.24. The Labute approximate surface area is 175 Å². The van der Waals surface area contributed by atoms with Crippen LogP contribution in [-0.4, -0.2) is 20.2 Å². The van der Waals surface area contributed by atoms with Crippen molar-refractivity contribution >= 4 is 0 Å². The van der Waals surface area contributed by atoms with Gasteiger partial charge < -0.3 is 14.4 Å². The van der Waals surface area contributed by atoms with Crippen LogP contribution in [0.1, 0.15) is 23.9 Å². The van der Waals surface area contributed by atoms with E-state index in [-0.39, 0.29) is 23.2 Å². The first kappa shape index (κ1) is 20.5. The molecule has 0 saturated heterocycles. The van der Waals surface area contributed by atoms with E-state index in [0.29, 0.717) is 11.3 Å². The molecule has 0 unspecified atom stereocenters. The first-order valence-corrected chi connectivity index (χ1v) is 9.18. The van der Waals surface area contributed by atoms with Gasteiger partial charge in [-0.2, -0.15) is 18.2 Å². The van der Waals surface area contributed by atoms with Gasteiger partial charge in [-0.1, -0.05) is 35.5 Å². The number of aromatic nitrogens is 3. The molecule has 0 aliphatic heterocycles. The van der Waals surface area contributed by atoms with Gasteiger partial charge >= 0.3 is 6.18 Å². The van der Waals surface area contributed by atoms with Gasteiger partial charge in [-0.15, -0.1) is 0 Å². The van der Waals surface area contributed by atoms with Crippen molar-refractivity contribution in [2.24, 2.45) is 0 Å². The van der Waals surface area contributed by atoms with E-state index in [0.717, 1.165) is 12.1 Å². The van der Waals surface area contributed by atoms with E-state index < -0.39 is 17.3 Å². The lowest BCUT2D eigenvalue weighted by atomic mass is 9.94. The molecule has 4 rings (SSSR count). The summed E-state index contributed by atoms with van der Waals surface area (Å²) in [5, 5.41) is 14.8. The molecule has 0 radical (unpaired) electrons. The molecule has 9 heteroatoms. The highest BCUT2D eigenvalue weighted by Gasteiger charge is 2.36. The zero-order valence-corrected chi connectivity index (χ0v) is 16.2. The lowest BCUT2D eigenvalue weighted by molar-refractivity contribution is -0.137. The Morgan fingerprint density at radius 2 is 1.68 bits per heavy atom. The number of aliphatic hydroxyl groups is 1. The van der Waals surface area contributed by atoms with Crippen LogP contribution < -0.4 is 4.74 Å². The third-order valence-corrected chi connectivity index (χ3v) is 4.56. The zero-order valence-electron chi connectivity index (χ0n) is 16.2. The normalized spacial score (nSPS) is 13.6. The van der Waals surface area contributed by atoms with Crippen LogP contribution in [0.2, 0.25) is 0 Å². The van der Waals surface area contributed by atoms with Gasteiger partial charge in [0.2, 0.25) is 11.7 Å². The summed E-state index contributed by atoms with van der Waals surface area (Å²) in [4.78, 5) is 8.38. The smallest absolute Gasteiger partial charge is 0.416 e. The van der Waals surface area contributed by atoms with E-state index >= 15 is 0 Å². The largest absolute Gasteiger partial charge is 0.438 e. The van der Waals surface area contributed by atoms with Crippen molar-refractivity contribution in [3.8, 4) is 23.0 Å². The van der Waals surface area contributed by atoms with Crippen LogP contribution in [0.25, 0.3) is 11.4 Å². The predicted molar refractivity (Wildman–Crippen MR) is 104 cm³/mol. The standard InChI is InChI=1S/C22H16F3N3O3/c1-21(29,14-7-5-8-15(13-14)22(23,24)25)20-27-18(28-31-20)17-11-6-12-26-19(17)30-16-9-3-2-4-10-16/h2-13,29H,1H3/t21-/m1/s1. The number of ether oxygens (including phenoxy) is 1. The topological polar surface area (TPSA) is 81.3 Å². The third-order valence-electron chi connectivity index (χ3n) is 4.56. The van der Waals surface area contributed by atoms with E-state index in [1.807, 2.05) is 6.07 Å². The van der Waals surface area contributed by atoms with E-state index in [1.165, 1.54) is 25.3 Å². The SMILES string of the molecule is C[C@@](O)(c1cccc(C(F)(F)F)c1)c1nc(-c2cccnc2Oc2ccccc2)no1. The highest BCUT2D eigenvalue weighted by atomic mass is 19.4. The molecule has 0 amide bonds. The average molecular weight is 427 g/mol. The van der Waals surface area contributed by atoms with Gasteiger partial charge in [0.1, 0.15) is 5.75 Å². The highest BCUT2D eigenvalue weighted by molar-refractivity contribution is 5.61. The number of hydrogen-bond donors (Lipinski definition) is 1. The second-order valence-electron chi connectivity index (χ2n) is 6.85. The number of hydrogen-bond acceptors (Lipinski definition) is 6. The van der Waals surface area contributed by atoms with Gasteiger partial charge in [0, 0.05) is 6.20 Å². The molecule has 2 aromatic carbocycles. The summed E-state index contributed by atoms with van der Waals surface area (Å²) < 4.78 is 50.1. The fraction of sp³-hybridized carbons (Fsp3) is 0.136. The fourth-order valence-electron chi connectivity index (χ4n) is 2.89. The molecule has 0 fully saturated rings. The Kier molecular flexibility index (Phi) is 5.20. The van der Waals surface area contributed by atoms with Crippen LogP contribution in [0.3, 0.4) is 0 Å². The van der Waals surface area contributed by atoms with Gasteiger partial charge in [-0.3, -0.25) is 0 Å². The molecule has 6 nitrogen and oxygen atoms in total. The van der Waals surface area contributed by atoms with Gasteiger partial charge in [0.05, 0.1) is 11.1 Å². The molecule has 1 atom stereocenters. The first-order chi connectivity index (χ1) is 14.7. The zero-order chi connectivity index (χ0) is 22.1. The van der Waals surface area contributed by atoms with Crippen molar-refractivity contribution in [3.05, 3.63) is 89.9 Å². The molecule has 0 aliphatic rings. The molecule has 2 aromatic heterocycles. The van der Waals surface area contributed by atoms with Crippen molar-refractivity contribution in [1.29, 1.82) is 0 Å². The number of para-hydroxylation sites is 1. The second kappa shape index (κ2) is 7.84. The number of pyridine rings is 1. The lowest BCUT2D eigenvalue weighted by Gasteiger charge is -2.20. The predicted octanol–water partition coefficient (Wildman–Crippen LogP) is 5.20. The van der Waals surface area contributed by atoms with Crippen molar-refractivity contribution in [2.75, 3.05) is 0 Å². The average Bonchev–Trinajstić information content (AvgIpc) is 3.25. The minimum absolute atomic E-state index is 0.0375. The Balaban J connectivity index is 1.68. The van der Waals surface area contributed by atoms with Gasteiger partial charge in [0.15, 0.2) is 5.60 Å². The maximum atomic E-state index is 13.1. The first-order valence-electron chi connectivity index (χ1n) is 9.18. The van der Waals surface area contributed by atoms with Crippen molar-refractivity contribution in [1.82, 2.24) is 15.1 Å². The molecule has 2 heterocycles. The van der Waals surface area contributed by atoms with Crippen molar-refractivity contribution < 1.29 is 27.5 Å². The number of halogens is 3. The number of nitrogens with zero attached hydrogens (tertiary/aromatic N) is 3. The molecular weight excluding hydrogens is 411 g/mol. The summed E-state index contributed by atoms with van der Waals surface area (Å²) in [5.74, 6) is 0.555. The van der Waals surface area contributed by atoms with E-state index in [4.69, 9.17) is 9.26 Å². The van der Waals surface area contributed by atoms with Crippen molar-refractivity contribution in [2.45, 2.75) is 18.7 Å². The van der Waals surface area contributed by atoms with Crippen LogP contribution >= 0.6 is 0 Å². The Hall–Kier alpha value is -3.72. The summed E-state index contributed by atoms with van der Waals surface area (Å²) in [5.41, 5.74) is -2.49. The summed E-state index contributed by atoms with van der Waals surface area (Å²) in [6.07, 6.45) is -3.02. The third kappa shape index (κ3) is 4.26. The van der Waals surface area contributed by atoms with Crippen molar-refractivity contribution in [3.63, 3.8) is 0 Å². The Bertz CT molecular complexity index is 1190. The molecule has 0 saturated carbocycles. The van der Waals surface area contributed by atoms with Crippen LogP contribution in [0.5, 0.6) is 11.6 Å². The van der Waals surface area contributed by atoms with E-state index in [9.17, 15) is 18.3 Å². The monoisotopic (exact) mass is 427 g/mol. The van der Waals surface area contributed by atoms with Gasteiger partial charge in [-0.05, 0) is 48.9 Å². The molecule has 31 heavy (non-hydrogen) atoms.